The van der Waals surface area contributed by atoms with E-state index in [0.29, 0.717) is 30.1 Å². The van der Waals surface area contributed by atoms with E-state index in [4.69, 9.17) is 5.73 Å². The lowest BCUT2D eigenvalue weighted by Crippen LogP contribution is -2.41. The van der Waals surface area contributed by atoms with E-state index in [1.807, 2.05) is 0 Å². The molecule has 0 aromatic carbocycles. The van der Waals surface area contributed by atoms with Crippen molar-refractivity contribution in [3.63, 3.8) is 0 Å². The minimum atomic E-state index is -3.18. The fourth-order valence-corrected chi connectivity index (χ4v) is 6.00. The highest BCUT2D eigenvalue weighted by Crippen LogP contribution is 2.37. The average Bonchev–Trinajstić information content (AvgIpc) is 3.02. The summed E-state index contributed by atoms with van der Waals surface area (Å²) in [6.07, 6.45) is 7.39. The van der Waals surface area contributed by atoms with Gasteiger partial charge in [-0.1, -0.05) is 0 Å². The molecule has 1 aliphatic heterocycles. The van der Waals surface area contributed by atoms with Crippen molar-refractivity contribution in [3.8, 4) is 0 Å². The number of nitrogens with zero attached hydrogens (tertiary/aromatic N) is 1. The van der Waals surface area contributed by atoms with Gasteiger partial charge in [0.05, 0.1) is 11.8 Å². The molecule has 1 atom stereocenters. The lowest BCUT2D eigenvalue weighted by molar-refractivity contribution is -0.116. The van der Waals surface area contributed by atoms with Gasteiger partial charge in [-0.2, -0.15) is 0 Å². The van der Waals surface area contributed by atoms with E-state index in [2.05, 4.69) is 14.9 Å². The second-order valence-corrected chi connectivity index (χ2v) is 10.9. The maximum absolute atomic E-state index is 12.5. The minimum Gasteiger partial charge on any atom is -0.365 e. The average molecular weight is 443 g/mol. The highest BCUT2D eigenvalue weighted by Gasteiger charge is 2.25. The Balaban J connectivity index is 1.52. The maximum atomic E-state index is 12.5. The van der Waals surface area contributed by atoms with E-state index < -0.39 is 15.9 Å². The number of nitrogens with two attached hydrogens (primary N) is 1. The number of rotatable bonds is 8. The smallest absolute Gasteiger partial charge is 0.251 e. The molecule has 4 N–H and O–H groups in total. The van der Waals surface area contributed by atoms with Crippen molar-refractivity contribution in [2.45, 2.75) is 44.9 Å². The summed E-state index contributed by atoms with van der Waals surface area (Å²) in [5.74, 6) is -0.341. The molecule has 1 fully saturated rings. The van der Waals surface area contributed by atoms with Crippen LogP contribution in [0.25, 0.3) is 0 Å². The number of amides is 2. The number of carbonyl (C=O) groups is 2. The number of fused-ring (bicyclic) bond motifs is 1. The molecule has 29 heavy (non-hydrogen) atoms. The Hall–Kier alpha value is -1.49. The summed E-state index contributed by atoms with van der Waals surface area (Å²) in [6, 6.07) is 0. The number of carbonyl (C=O) groups excluding carboxylic acids is 2. The summed E-state index contributed by atoms with van der Waals surface area (Å²) in [7, 11) is -3.18. The number of thiophene rings is 1. The van der Waals surface area contributed by atoms with Crippen LogP contribution in [0.5, 0.6) is 0 Å². The fraction of sp³-hybridized carbons (Fsp3) is 0.684. The molecule has 1 aromatic heterocycles. The minimum absolute atomic E-state index is 0.123. The monoisotopic (exact) mass is 442 g/mol. The summed E-state index contributed by atoms with van der Waals surface area (Å²) in [4.78, 5) is 27.8. The molecule has 1 aliphatic carbocycles. The normalized spacial score (nSPS) is 20.2. The molecule has 0 bridgehead atoms. The molecule has 1 saturated heterocycles. The Morgan fingerprint density at radius 2 is 2.00 bits per heavy atom. The third kappa shape index (κ3) is 6.24. The number of likely N-dealkylation sites (tertiary alicyclic amines) is 1. The summed E-state index contributed by atoms with van der Waals surface area (Å²) >= 11 is 1.48. The van der Waals surface area contributed by atoms with Gasteiger partial charge in [-0.3, -0.25) is 9.59 Å². The number of primary amides is 1. The Bertz CT molecular complexity index is 866. The number of nitrogens with one attached hydrogen (secondary N) is 2. The zero-order valence-corrected chi connectivity index (χ0v) is 18.5. The van der Waals surface area contributed by atoms with Crippen LogP contribution in [0, 0.1) is 5.92 Å². The Labute approximate surface area is 176 Å². The van der Waals surface area contributed by atoms with Gasteiger partial charge < -0.3 is 16.0 Å². The van der Waals surface area contributed by atoms with Gasteiger partial charge in [0.1, 0.15) is 5.00 Å². The number of hydrogen-bond donors (Lipinski definition) is 3. The summed E-state index contributed by atoms with van der Waals surface area (Å²) < 4.78 is 25.1. The van der Waals surface area contributed by atoms with Crippen LogP contribution in [0.3, 0.4) is 0 Å². The molecule has 0 saturated carbocycles. The molecule has 1 unspecified atom stereocenters. The van der Waals surface area contributed by atoms with Crippen LogP contribution in [0.15, 0.2) is 0 Å². The van der Waals surface area contributed by atoms with Crippen LogP contribution in [0.4, 0.5) is 5.00 Å². The Kier molecular flexibility index (Phi) is 7.31. The highest BCUT2D eigenvalue weighted by atomic mass is 32.2. The number of aryl methyl sites for hydroxylation is 1. The lowest BCUT2D eigenvalue weighted by Gasteiger charge is -2.32. The number of hydrogen-bond acceptors (Lipinski definition) is 6. The molecule has 1 aromatic rings. The largest absolute Gasteiger partial charge is 0.365 e. The van der Waals surface area contributed by atoms with Crippen LogP contribution < -0.4 is 15.8 Å². The molecule has 2 heterocycles. The third-order valence-electron chi connectivity index (χ3n) is 5.56. The van der Waals surface area contributed by atoms with E-state index in [-0.39, 0.29) is 11.8 Å². The topological polar surface area (TPSA) is 122 Å². The molecular formula is C19H30N4O4S2. The van der Waals surface area contributed by atoms with Crippen molar-refractivity contribution in [1.29, 1.82) is 0 Å². The standard InChI is InChI=1S/C19H30N4O4S2/c1-29(26,27)21-11-13-5-4-9-23(12-13)10-8-16(24)22-19-17(18(20)25)14-6-2-3-7-15(14)28-19/h13,21H,2-12H2,1H3,(H2,20,25)(H,22,24). The third-order valence-corrected chi connectivity index (χ3v) is 7.46. The van der Waals surface area contributed by atoms with Gasteiger partial charge in [-0.05, 0) is 56.6 Å². The maximum Gasteiger partial charge on any atom is 0.251 e. The van der Waals surface area contributed by atoms with Crippen LogP contribution >= 0.6 is 11.3 Å². The summed E-state index contributed by atoms with van der Waals surface area (Å²) in [5, 5.41) is 3.49. The van der Waals surface area contributed by atoms with E-state index >= 15 is 0 Å². The zero-order chi connectivity index (χ0) is 21.0. The summed E-state index contributed by atoms with van der Waals surface area (Å²) in [5.41, 5.74) is 7.09. The molecular weight excluding hydrogens is 412 g/mol. The van der Waals surface area contributed by atoms with Gasteiger partial charge in [0.25, 0.3) is 5.91 Å². The summed E-state index contributed by atoms with van der Waals surface area (Å²) in [6.45, 7) is 2.72. The molecule has 8 nitrogen and oxygen atoms in total. The highest BCUT2D eigenvalue weighted by molar-refractivity contribution is 7.88. The predicted molar refractivity (Wildman–Crippen MR) is 115 cm³/mol. The van der Waals surface area contributed by atoms with Gasteiger partial charge in [0.2, 0.25) is 15.9 Å². The van der Waals surface area contributed by atoms with Crippen LogP contribution in [0.2, 0.25) is 0 Å². The number of piperidine rings is 1. The molecule has 10 heteroatoms. The van der Waals surface area contributed by atoms with Crippen molar-refractivity contribution in [3.05, 3.63) is 16.0 Å². The first-order chi connectivity index (χ1) is 13.7. The molecule has 0 spiro atoms. The van der Waals surface area contributed by atoms with Crippen molar-refractivity contribution in [2.75, 3.05) is 37.8 Å². The van der Waals surface area contributed by atoms with E-state index in [0.717, 1.165) is 62.1 Å². The van der Waals surface area contributed by atoms with Crippen LogP contribution in [-0.4, -0.2) is 57.6 Å². The van der Waals surface area contributed by atoms with Gasteiger partial charge in [0, 0.05) is 30.9 Å². The van der Waals surface area contributed by atoms with Gasteiger partial charge in [0.15, 0.2) is 0 Å². The predicted octanol–water partition coefficient (Wildman–Crippen LogP) is 1.32. The van der Waals surface area contributed by atoms with Crippen LogP contribution in [-0.2, 0) is 27.7 Å². The molecule has 3 rings (SSSR count). The molecule has 2 aliphatic rings. The van der Waals surface area contributed by atoms with Crippen LogP contribution in [0.1, 0.15) is 52.9 Å². The van der Waals surface area contributed by atoms with E-state index in [9.17, 15) is 18.0 Å². The van der Waals surface area contributed by atoms with Gasteiger partial charge >= 0.3 is 0 Å². The van der Waals surface area contributed by atoms with E-state index in [1.165, 1.54) is 17.6 Å². The van der Waals surface area contributed by atoms with Crippen molar-refractivity contribution < 1.29 is 18.0 Å². The second-order valence-electron chi connectivity index (χ2n) is 8.01. The van der Waals surface area contributed by atoms with Gasteiger partial charge in [-0.25, -0.2) is 13.1 Å². The number of anilines is 1. The lowest BCUT2D eigenvalue weighted by atomic mass is 9.95. The SMILES string of the molecule is CS(=O)(=O)NCC1CCCN(CCC(=O)Nc2sc3c(c2C(N)=O)CCCC3)C1. The Morgan fingerprint density at radius 3 is 2.72 bits per heavy atom. The zero-order valence-electron chi connectivity index (χ0n) is 16.8. The van der Waals surface area contributed by atoms with E-state index in [1.54, 1.807) is 0 Å². The van der Waals surface area contributed by atoms with Crippen molar-refractivity contribution >= 4 is 38.2 Å². The van der Waals surface area contributed by atoms with Crippen molar-refractivity contribution in [1.82, 2.24) is 9.62 Å². The Morgan fingerprint density at radius 1 is 1.24 bits per heavy atom. The van der Waals surface area contributed by atoms with Gasteiger partial charge in [-0.15, -0.1) is 11.3 Å². The second kappa shape index (κ2) is 9.55. The first-order valence-electron chi connectivity index (χ1n) is 10.1. The number of sulfonamides is 1. The van der Waals surface area contributed by atoms with Crippen molar-refractivity contribution in [2.24, 2.45) is 11.7 Å². The first kappa shape index (κ1) is 22.2. The quantitative estimate of drug-likeness (QED) is 0.560. The fourth-order valence-electron chi connectivity index (χ4n) is 4.15. The first-order valence-corrected chi connectivity index (χ1v) is 12.8. The molecule has 2 amide bonds. The molecule has 162 valence electrons. The molecule has 0 radical (unpaired) electrons.